The van der Waals surface area contributed by atoms with E-state index in [-0.39, 0.29) is 17.5 Å². The number of carbonyl (C=O) groups is 1. The molecule has 1 aliphatic heterocycles. The predicted octanol–water partition coefficient (Wildman–Crippen LogP) is 1.21. The number of carbonyl (C=O) groups excluding carboxylic acids is 1. The van der Waals surface area contributed by atoms with Gasteiger partial charge in [-0.25, -0.2) is 9.18 Å². The van der Waals surface area contributed by atoms with Crippen LogP contribution in [-0.2, 0) is 6.54 Å². The average Bonchev–Trinajstić information content (AvgIpc) is 2.44. The zero-order chi connectivity index (χ0) is 14.7. The van der Waals surface area contributed by atoms with E-state index in [1.54, 1.807) is 37.2 Å². The van der Waals surface area contributed by atoms with Gasteiger partial charge in [-0.1, -0.05) is 12.1 Å². The number of nitrogens with zero attached hydrogens (tertiary/aromatic N) is 3. The summed E-state index contributed by atoms with van der Waals surface area (Å²) < 4.78 is 13.8. The molecule has 0 aliphatic carbocycles. The standard InChI is InChI=1S/C14H21FN4O/c1-17(2)14(20)19-8-6-18(7-9-19)10-11-4-3-5-12(16)13(11)15/h3-5H,6-10,16H2,1-2H3. The maximum absolute atomic E-state index is 13.8. The zero-order valence-corrected chi connectivity index (χ0v) is 12.0. The third-order valence-corrected chi connectivity index (χ3v) is 3.53. The average molecular weight is 280 g/mol. The zero-order valence-electron chi connectivity index (χ0n) is 12.0. The van der Waals surface area contributed by atoms with Gasteiger partial charge in [0.2, 0.25) is 0 Å². The molecule has 0 atom stereocenters. The van der Waals surface area contributed by atoms with Crippen molar-refractivity contribution < 1.29 is 9.18 Å². The maximum atomic E-state index is 13.8. The Morgan fingerprint density at radius 3 is 2.55 bits per heavy atom. The molecule has 1 aromatic carbocycles. The summed E-state index contributed by atoms with van der Waals surface area (Å²) in [5.74, 6) is -0.334. The van der Waals surface area contributed by atoms with Crippen molar-refractivity contribution in [1.29, 1.82) is 0 Å². The highest BCUT2D eigenvalue weighted by molar-refractivity contribution is 5.73. The molecule has 6 heteroatoms. The van der Waals surface area contributed by atoms with E-state index in [4.69, 9.17) is 5.73 Å². The molecule has 0 unspecified atom stereocenters. The van der Waals surface area contributed by atoms with E-state index in [9.17, 15) is 9.18 Å². The fraction of sp³-hybridized carbons (Fsp3) is 0.500. The molecule has 0 spiro atoms. The van der Waals surface area contributed by atoms with Crippen LogP contribution in [0.15, 0.2) is 18.2 Å². The van der Waals surface area contributed by atoms with E-state index in [1.165, 1.54) is 0 Å². The number of halogens is 1. The minimum atomic E-state index is -0.334. The van der Waals surface area contributed by atoms with Crippen molar-refractivity contribution in [2.45, 2.75) is 6.54 Å². The van der Waals surface area contributed by atoms with E-state index >= 15 is 0 Å². The molecule has 0 saturated carbocycles. The topological polar surface area (TPSA) is 52.8 Å². The minimum Gasteiger partial charge on any atom is -0.396 e. The molecule has 5 nitrogen and oxygen atoms in total. The number of hydrogen-bond acceptors (Lipinski definition) is 3. The summed E-state index contributed by atoms with van der Waals surface area (Å²) in [5, 5.41) is 0. The molecule has 110 valence electrons. The predicted molar refractivity (Wildman–Crippen MR) is 76.7 cm³/mol. The van der Waals surface area contributed by atoms with Crippen LogP contribution in [-0.4, -0.2) is 61.0 Å². The highest BCUT2D eigenvalue weighted by Crippen LogP contribution is 2.17. The van der Waals surface area contributed by atoms with Gasteiger partial charge in [-0.3, -0.25) is 4.90 Å². The summed E-state index contributed by atoms with van der Waals surface area (Å²) >= 11 is 0. The van der Waals surface area contributed by atoms with Crippen molar-refractivity contribution in [2.24, 2.45) is 0 Å². The summed E-state index contributed by atoms with van der Waals surface area (Å²) in [7, 11) is 3.49. The number of amides is 2. The lowest BCUT2D eigenvalue weighted by Gasteiger charge is -2.36. The van der Waals surface area contributed by atoms with Crippen LogP contribution in [0.1, 0.15) is 5.56 Å². The Morgan fingerprint density at radius 2 is 1.95 bits per heavy atom. The van der Waals surface area contributed by atoms with E-state index in [0.29, 0.717) is 25.2 Å². The van der Waals surface area contributed by atoms with E-state index in [0.717, 1.165) is 13.1 Å². The second kappa shape index (κ2) is 6.09. The largest absolute Gasteiger partial charge is 0.396 e. The second-order valence-corrected chi connectivity index (χ2v) is 5.26. The molecule has 1 aromatic rings. The first-order chi connectivity index (χ1) is 9.49. The summed E-state index contributed by atoms with van der Waals surface area (Å²) in [5.41, 5.74) is 6.36. The summed E-state index contributed by atoms with van der Waals surface area (Å²) in [6.07, 6.45) is 0. The van der Waals surface area contributed by atoms with Crippen LogP contribution in [0.3, 0.4) is 0 Å². The molecule has 2 rings (SSSR count). The van der Waals surface area contributed by atoms with Crippen LogP contribution in [0.5, 0.6) is 0 Å². The quantitative estimate of drug-likeness (QED) is 0.828. The van der Waals surface area contributed by atoms with Crippen LogP contribution >= 0.6 is 0 Å². The number of piperazine rings is 1. The van der Waals surface area contributed by atoms with Crippen LogP contribution in [0.25, 0.3) is 0 Å². The van der Waals surface area contributed by atoms with Gasteiger partial charge in [0.25, 0.3) is 0 Å². The molecule has 0 bridgehead atoms. The Morgan fingerprint density at radius 1 is 1.30 bits per heavy atom. The monoisotopic (exact) mass is 280 g/mol. The van der Waals surface area contributed by atoms with Gasteiger partial charge >= 0.3 is 6.03 Å². The Labute approximate surface area is 118 Å². The number of anilines is 1. The molecule has 1 aliphatic rings. The number of nitrogens with two attached hydrogens (primary N) is 1. The molecule has 1 fully saturated rings. The molecule has 0 aromatic heterocycles. The summed E-state index contributed by atoms with van der Waals surface area (Å²) in [4.78, 5) is 17.3. The molecule has 1 heterocycles. The van der Waals surface area contributed by atoms with Gasteiger partial charge in [-0.2, -0.15) is 0 Å². The molecule has 20 heavy (non-hydrogen) atoms. The van der Waals surface area contributed by atoms with Crippen molar-refractivity contribution in [1.82, 2.24) is 14.7 Å². The van der Waals surface area contributed by atoms with Crippen LogP contribution in [0.4, 0.5) is 14.9 Å². The first-order valence-electron chi connectivity index (χ1n) is 6.70. The molecule has 1 saturated heterocycles. The lowest BCUT2D eigenvalue weighted by atomic mass is 10.1. The Balaban J connectivity index is 1.92. The maximum Gasteiger partial charge on any atom is 0.319 e. The van der Waals surface area contributed by atoms with Gasteiger partial charge < -0.3 is 15.5 Å². The summed E-state index contributed by atoms with van der Waals surface area (Å²) in [6, 6.07) is 5.11. The van der Waals surface area contributed by atoms with Gasteiger partial charge in [0, 0.05) is 52.4 Å². The van der Waals surface area contributed by atoms with Gasteiger partial charge in [0.15, 0.2) is 5.82 Å². The van der Waals surface area contributed by atoms with Crippen molar-refractivity contribution in [2.75, 3.05) is 46.0 Å². The van der Waals surface area contributed by atoms with Crippen LogP contribution in [0.2, 0.25) is 0 Å². The number of benzene rings is 1. The molecule has 0 radical (unpaired) electrons. The normalized spacial score (nSPS) is 16.2. The van der Waals surface area contributed by atoms with Gasteiger partial charge in [0.05, 0.1) is 5.69 Å². The van der Waals surface area contributed by atoms with Crippen molar-refractivity contribution >= 4 is 11.7 Å². The lowest BCUT2D eigenvalue weighted by molar-refractivity contribution is 0.119. The summed E-state index contributed by atoms with van der Waals surface area (Å²) in [6.45, 7) is 3.35. The number of urea groups is 1. The minimum absolute atomic E-state index is 0.0276. The highest BCUT2D eigenvalue weighted by atomic mass is 19.1. The third-order valence-electron chi connectivity index (χ3n) is 3.53. The van der Waals surface area contributed by atoms with E-state index < -0.39 is 0 Å². The molecular weight excluding hydrogens is 259 g/mol. The number of hydrogen-bond donors (Lipinski definition) is 1. The highest BCUT2D eigenvalue weighted by Gasteiger charge is 2.22. The van der Waals surface area contributed by atoms with Crippen molar-refractivity contribution in [3.63, 3.8) is 0 Å². The van der Waals surface area contributed by atoms with Crippen LogP contribution < -0.4 is 5.73 Å². The first kappa shape index (κ1) is 14.6. The number of nitrogen functional groups attached to an aromatic ring is 1. The van der Waals surface area contributed by atoms with Gasteiger partial charge in [-0.05, 0) is 6.07 Å². The van der Waals surface area contributed by atoms with Crippen LogP contribution in [0, 0.1) is 5.82 Å². The van der Waals surface area contributed by atoms with Crippen molar-refractivity contribution in [3.8, 4) is 0 Å². The SMILES string of the molecule is CN(C)C(=O)N1CCN(Cc2cccc(N)c2F)CC1. The molecule has 2 amide bonds. The molecule has 2 N–H and O–H groups in total. The van der Waals surface area contributed by atoms with Crippen molar-refractivity contribution in [3.05, 3.63) is 29.6 Å². The Bertz CT molecular complexity index is 484. The Kier molecular flexibility index (Phi) is 4.44. The van der Waals surface area contributed by atoms with Gasteiger partial charge in [-0.15, -0.1) is 0 Å². The number of rotatable bonds is 2. The van der Waals surface area contributed by atoms with E-state index in [2.05, 4.69) is 4.90 Å². The molecular formula is C14H21FN4O. The third kappa shape index (κ3) is 3.19. The fourth-order valence-corrected chi connectivity index (χ4v) is 2.34. The van der Waals surface area contributed by atoms with Gasteiger partial charge in [0.1, 0.15) is 0 Å². The smallest absolute Gasteiger partial charge is 0.319 e. The lowest BCUT2D eigenvalue weighted by Crippen LogP contribution is -2.51. The fourth-order valence-electron chi connectivity index (χ4n) is 2.34. The Hall–Kier alpha value is -1.82. The van der Waals surface area contributed by atoms with E-state index in [1.807, 2.05) is 4.90 Å². The second-order valence-electron chi connectivity index (χ2n) is 5.26. The first-order valence-corrected chi connectivity index (χ1v) is 6.70.